The third-order valence-electron chi connectivity index (χ3n) is 12.1. The Morgan fingerprint density at radius 1 is 0.350 bits per heavy atom. The number of aromatic nitrogens is 4. The maximum Gasteiger partial charge on any atom is 0.165 e. The lowest BCUT2D eigenvalue weighted by Crippen LogP contribution is -2.01. The number of benzene rings is 10. The molecule has 10 aromatic carbocycles. The van der Waals surface area contributed by atoms with Gasteiger partial charge < -0.3 is 8.98 Å². The van der Waals surface area contributed by atoms with E-state index in [-0.39, 0.29) is 0 Å². The van der Waals surface area contributed by atoms with Crippen molar-refractivity contribution in [3.63, 3.8) is 0 Å². The predicted molar refractivity (Wildman–Crippen MR) is 248 cm³/mol. The molecule has 3 heterocycles. The second-order valence-electron chi connectivity index (χ2n) is 15.6. The first-order chi connectivity index (χ1) is 29.7. The average Bonchev–Trinajstić information content (AvgIpc) is 3.84. The molecule has 0 aliphatic heterocycles. The Balaban J connectivity index is 1.09. The molecule has 0 aliphatic carbocycles. The summed E-state index contributed by atoms with van der Waals surface area (Å²) in [5.74, 6) is 1.83. The Kier molecular flexibility index (Phi) is 6.95. The van der Waals surface area contributed by atoms with Crippen LogP contribution in [0.15, 0.2) is 199 Å². The maximum atomic E-state index is 6.94. The van der Waals surface area contributed by atoms with Crippen molar-refractivity contribution in [2.75, 3.05) is 0 Å². The zero-order chi connectivity index (χ0) is 39.3. The monoisotopic (exact) mass is 764 g/mol. The van der Waals surface area contributed by atoms with E-state index in [1.807, 2.05) is 18.2 Å². The van der Waals surface area contributed by atoms with E-state index in [0.717, 1.165) is 66.0 Å². The topological polar surface area (TPSA) is 56.7 Å². The highest BCUT2D eigenvalue weighted by molar-refractivity contribution is 6.22. The lowest BCUT2D eigenvalue weighted by molar-refractivity contribution is 0.669. The Bertz CT molecular complexity index is 3900. The van der Waals surface area contributed by atoms with Gasteiger partial charge in [0.15, 0.2) is 17.5 Å². The van der Waals surface area contributed by atoms with Crippen LogP contribution in [0.1, 0.15) is 0 Å². The van der Waals surface area contributed by atoms with E-state index >= 15 is 0 Å². The number of hydrogen-bond donors (Lipinski definition) is 0. The quantitative estimate of drug-likeness (QED) is 0.179. The molecule has 0 bridgehead atoms. The highest BCUT2D eigenvalue weighted by atomic mass is 16.3. The van der Waals surface area contributed by atoms with Crippen LogP contribution in [0, 0.1) is 0 Å². The minimum atomic E-state index is 0.598. The third kappa shape index (κ3) is 4.96. The first kappa shape index (κ1) is 32.9. The van der Waals surface area contributed by atoms with Crippen molar-refractivity contribution in [2.24, 2.45) is 0 Å². The number of fused-ring (bicyclic) bond motifs is 11. The van der Waals surface area contributed by atoms with E-state index < -0.39 is 0 Å². The third-order valence-corrected chi connectivity index (χ3v) is 12.1. The van der Waals surface area contributed by atoms with Crippen LogP contribution in [0.3, 0.4) is 0 Å². The molecule has 3 aromatic heterocycles. The smallest absolute Gasteiger partial charge is 0.165 e. The number of hydrogen-bond acceptors (Lipinski definition) is 4. The van der Waals surface area contributed by atoms with Gasteiger partial charge in [-0.2, -0.15) is 0 Å². The van der Waals surface area contributed by atoms with Crippen molar-refractivity contribution in [1.82, 2.24) is 19.5 Å². The summed E-state index contributed by atoms with van der Waals surface area (Å²) in [5, 5.41) is 13.7. The van der Waals surface area contributed by atoms with Gasteiger partial charge >= 0.3 is 0 Å². The summed E-state index contributed by atoms with van der Waals surface area (Å²) >= 11 is 0. The molecule has 5 nitrogen and oxygen atoms in total. The summed E-state index contributed by atoms with van der Waals surface area (Å²) in [7, 11) is 0. The average molecular weight is 765 g/mol. The molecule has 5 heteroatoms. The number of nitrogens with zero attached hydrogens (tertiary/aromatic N) is 4. The molecular formula is C55H32N4O. The molecule has 60 heavy (non-hydrogen) atoms. The van der Waals surface area contributed by atoms with Gasteiger partial charge in [-0.25, -0.2) is 15.0 Å². The maximum absolute atomic E-state index is 6.94. The fourth-order valence-corrected chi connectivity index (χ4v) is 9.35. The van der Waals surface area contributed by atoms with Crippen LogP contribution in [0.4, 0.5) is 0 Å². The van der Waals surface area contributed by atoms with Crippen molar-refractivity contribution < 1.29 is 4.42 Å². The first-order valence-corrected chi connectivity index (χ1v) is 20.3. The van der Waals surface area contributed by atoms with Crippen LogP contribution >= 0.6 is 0 Å². The van der Waals surface area contributed by atoms with Crippen molar-refractivity contribution in [3.8, 4) is 39.9 Å². The zero-order valence-corrected chi connectivity index (χ0v) is 32.2. The Morgan fingerprint density at radius 3 is 1.78 bits per heavy atom. The van der Waals surface area contributed by atoms with E-state index in [0.29, 0.717) is 17.5 Å². The van der Waals surface area contributed by atoms with Gasteiger partial charge in [0, 0.05) is 55.4 Å². The van der Waals surface area contributed by atoms with E-state index in [1.54, 1.807) is 0 Å². The molecule has 0 saturated heterocycles. The molecular weight excluding hydrogens is 733 g/mol. The molecule has 0 aliphatic rings. The summed E-state index contributed by atoms with van der Waals surface area (Å²) in [6.07, 6.45) is 0. The SMILES string of the molecule is c1ccc(-c2nc(-c3ccc4ccccc4c3)nc(-c3c4ccccc4cc4oc5cc(-n6c7cc8ccccc8cc7c7ccc8ccccc8c76)ccc5c34)n2)cc1. The highest BCUT2D eigenvalue weighted by Crippen LogP contribution is 2.44. The summed E-state index contributed by atoms with van der Waals surface area (Å²) in [5.41, 5.74) is 7.72. The van der Waals surface area contributed by atoms with Gasteiger partial charge in [0.1, 0.15) is 11.2 Å². The van der Waals surface area contributed by atoms with Crippen molar-refractivity contribution in [3.05, 3.63) is 194 Å². The van der Waals surface area contributed by atoms with Crippen LogP contribution in [-0.4, -0.2) is 19.5 Å². The summed E-state index contributed by atoms with van der Waals surface area (Å²) < 4.78 is 9.35. The summed E-state index contributed by atoms with van der Waals surface area (Å²) in [4.78, 5) is 15.7. The van der Waals surface area contributed by atoms with Crippen LogP contribution in [0.25, 0.3) is 127 Å². The molecule has 0 atom stereocenters. The van der Waals surface area contributed by atoms with Crippen molar-refractivity contribution in [2.45, 2.75) is 0 Å². The predicted octanol–water partition coefficient (Wildman–Crippen LogP) is 14.5. The van der Waals surface area contributed by atoms with E-state index in [2.05, 4.69) is 180 Å². The first-order valence-electron chi connectivity index (χ1n) is 20.3. The van der Waals surface area contributed by atoms with Gasteiger partial charge in [-0.05, 0) is 74.1 Å². The number of rotatable bonds is 4. The van der Waals surface area contributed by atoms with Gasteiger partial charge in [0.2, 0.25) is 0 Å². The molecule has 13 aromatic rings. The number of furan rings is 1. The molecule has 13 rings (SSSR count). The van der Waals surface area contributed by atoms with E-state index in [4.69, 9.17) is 19.4 Å². The van der Waals surface area contributed by atoms with Gasteiger partial charge in [-0.3, -0.25) is 0 Å². The standard InChI is InChI=1S/C55H32N4O/c1-2-14-35(15-3-1)53-56-54(40-23-22-33-12-4-5-16-36(33)28-40)58-55(57-53)51-42-20-10-9-19-39(42)31-49-50(51)45-27-25-41(32-48(45)60-49)59-47-30-38-18-7-6-17-37(38)29-46(47)44-26-24-34-13-8-11-21-43(34)52(44)59/h1-32H. The fraction of sp³-hybridized carbons (Fsp3) is 0. The molecule has 278 valence electrons. The summed E-state index contributed by atoms with van der Waals surface area (Å²) in [6.45, 7) is 0. The second kappa shape index (κ2) is 12.7. The molecule has 0 amide bonds. The van der Waals surface area contributed by atoms with Crippen LogP contribution in [-0.2, 0) is 0 Å². The molecule has 0 unspecified atom stereocenters. The minimum absolute atomic E-state index is 0.598. The van der Waals surface area contributed by atoms with Gasteiger partial charge in [-0.1, -0.05) is 152 Å². The van der Waals surface area contributed by atoms with Crippen LogP contribution in [0.5, 0.6) is 0 Å². The van der Waals surface area contributed by atoms with E-state index in [1.165, 1.54) is 43.2 Å². The molecule has 0 radical (unpaired) electrons. The Hall–Kier alpha value is -8.15. The molecule has 0 N–H and O–H groups in total. The van der Waals surface area contributed by atoms with Crippen molar-refractivity contribution >= 4 is 86.8 Å². The summed E-state index contributed by atoms with van der Waals surface area (Å²) in [6, 6.07) is 68.6. The van der Waals surface area contributed by atoms with Crippen LogP contribution < -0.4 is 0 Å². The lowest BCUT2D eigenvalue weighted by Gasteiger charge is -2.12. The molecule has 0 saturated carbocycles. The normalized spacial score (nSPS) is 12.0. The fourth-order valence-electron chi connectivity index (χ4n) is 9.35. The molecule has 0 fully saturated rings. The second-order valence-corrected chi connectivity index (χ2v) is 15.6. The zero-order valence-electron chi connectivity index (χ0n) is 32.2. The highest BCUT2D eigenvalue weighted by Gasteiger charge is 2.23. The van der Waals surface area contributed by atoms with Gasteiger partial charge in [0.25, 0.3) is 0 Å². The lowest BCUT2D eigenvalue weighted by atomic mass is 9.97. The van der Waals surface area contributed by atoms with Crippen LogP contribution in [0.2, 0.25) is 0 Å². The largest absolute Gasteiger partial charge is 0.456 e. The Morgan fingerprint density at radius 2 is 0.967 bits per heavy atom. The Labute approximate surface area is 343 Å². The van der Waals surface area contributed by atoms with Gasteiger partial charge in [0.05, 0.1) is 11.0 Å². The molecule has 0 spiro atoms. The van der Waals surface area contributed by atoms with Crippen molar-refractivity contribution in [1.29, 1.82) is 0 Å². The van der Waals surface area contributed by atoms with E-state index in [9.17, 15) is 0 Å². The minimum Gasteiger partial charge on any atom is -0.456 e. The van der Waals surface area contributed by atoms with Gasteiger partial charge in [-0.15, -0.1) is 0 Å².